The van der Waals surface area contributed by atoms with Crippen LogP contribution in [0.2, 0.25) is 0 Å². The Morgan fingerprint density at radius 2 is 1.93 bits per heavy atom. The molecular formula is C10H18N2O3. The molecule has 5 nitrogen and oxygen atoms in total. The monoisotopic (exact) mass is 214 g/mol. The van der Waals surface area contributed by atoms with E-state index < -0.39 is 5.97 Å². The summed E-state index contributed by atoms with van der Waals surface area (Å²) in [4.78, 5) is 22.4. The first-order valence-corrected chi connectivity index (χ1v) is 5.23. The van der Waals surface area contributed by atoms with Crippen molar-refractivity contribution in [3.05, 3.63) is 0 Å². The standard InChI is InChI=1S/C10H18N2O3/c1-15-9(13)6-12-10(14)7-2-4-8(11)5-3-7/h7-8H,2-6,11H2,1H3,(H,12,14). The molecule has 1 aliphatic carbocycles. The third-order valence-electron chi connectivity index (χ3n) is 2.78. The summed E-state index contributed by atoms with van der Waals surface area (Å²) in [6, 6.07) is 0.231. The van der Waals surface area contributed by atoms with Crippen LogP contribution in [0.15, 0.2) is 0 Å². The second-order valence-electron chi connectivity index (χ2n) is 3.91. The molecule has 1 fully saturated rings. The van der Waals surface area contributed by atoms with Crippen molar-refractivity contribution in [1.82, 2.24) is 5.32 Å². The summed E-state index contributed by atoms with van der Waals surface area (Å²) in [5.74, 6) is -0.474. The molecule has 15 heavy (non-hydrogen) atoms. The van der Waals surface area contributed by atoms with Crippen molar-refractivity contribution in [3.63, 3.8) is 0 Å². The highest BCUT2D eigenvalue weighted by atomic mass is 16.5. The average molecular weight is 214 g/mol. The van der Waals surface area contributed by atoms with Crippen LogP contribution in [0.25, 0.3) is 0 Å². The molecular weight excluding hydrogens is 196 g/mol. The van der Waals surface area contributed by atoms with Gasteiger partial charge in [0.05, 0.1) is 7.11 Å². The lowest BCUT2D eigenvalue weighted by Crippen LogP contribution is -2.38. The molecule has 3 N–H and O–H groups in total. The molecule has 0 radical (unpaired) electrons. The molecule has 0 aromatic carbocycles. The normalized spacial score (nSPS) is 25.7. The summed E-state index contributed by atoms with van der Waals surface area (Å²) in [5.41, 5.74) is 5.73. The van der Waals surface area contributed by atoms with Crippen LogP contribution in [-0.2, 0) is 14.3 Å². The summed E-state index contributed by atoms with van der Waals surface area (Å²) < 4.78 is 4.43. The van der Waals surface area contributed by atoms with Gasteiger partial charge >= 0.3 is 5.97 Å². The van der Waals surface area contributed by atoms with E-state index in [4.69, 9.17) is 5.73 Å². The van der Waals surface area contributed by atoms with Gasteiger partial charge in [-0.2, -0.15) is 0 Å². The zero-order chi connectivity index (χ0) is 11.3. The van der Waals surface area contributed by atoms with Crippen LogP contribution in [-0.4, -0.2) is 31.6 Å². The van der Waals surface area contributed by atoms with Crippen LogP contribution >= 0.6 is 0 Å². The minimum absolute atomic E-state index is 0.00876. The summed E-state index contributed by atoms with van der Waals surface area (Å²) in [6.07, 6.45) is 3.40. The predicted molar refractivity (Wildman–Crippen MR) is 55.0 cm³/mol. The Hall–Kier alpha value is -1.10. The number of methoxy groups -OCH3 is 1. The number of ether oxygens (including phenoxy) is 1. The van der Waals surface area contributed by atoms with Gasteiger partial charge in [0.15, 0.2) is 0 Å². The molecule has 0 aromatic heterocycles. The maximum absolute atomic E-state index is 11.6. The molecule has 0 aromatic rings. The Bertz CT molecular complexity index is 235. The van der Waals surface area contributed by atoms with Crippen molar-refractivity contribution >= 4 is 11.9 Å². The average Bonchev–Trinajstić information content (AvgIpc) is 2.26. The van der Waals surface area contributed by atoms with Gasteiger partial charge < -0.3 is 15.8 Å². The first-order chi connectivity index (χ1) is 7.13. The number of hydrogen-bond acceptors (Lipinski definition) is 4. The third-order valence-corrected chi connectivity index (χ3v) is 2.78. The van der Waals surface area contributed by atoms with Gasteiger partial charge in [0, 0.05) is 12.0 Å². The maximum Gasteiger partial charge on any atom is 0.325 e. The van der Waals surface area contributed by atoms with Crippen molar-refractivity contribution in [2.24, 2.45) is 11.7 Å². The zero-order valence-electron chi connectivity index (χ0n) is 8.99. The summed E-state index contributed by atoms with van der Waals surface area (Å²) in [5, 5.41) is 2.56. The van der Waals surface area contributed by atoms with Crippen LogP contribution < -0.4 is 11.1 Å². The number of carbonyl (C=O) groups is 2. The molecule has 0 saturated heterocycles. The van der Waals surface area contributed by atoms with Crippen LogP contribution in [0.1, 0.15) is 25.7 Å². The van der Waals surface area contributed by atoms with E-state index in [1.165, 1.54) is 7.11 Å². The van der Waals surface area contributed by atoms with Crippen LogP contribution in [0, 0.1) is 5.92 Å². The van der Waals surface area contributed by atoms with E-state index in [2.05, 4.69) is 10.1 Å². The van der Waals surface area contributed by atoms with E-state index in [-0.39, 0.29) is 24.4 Å². The number of nitrogens with two attached hydrogens (primary N) is 1. The molecule has 0 bridgehead atoms. The lowest BCUT2D eigenvalue weighted by molar-refractivity contribution is -0.141. The van der Waals surface area contributed by atoms with E-state index >= 15 is 0 Å². The Morgan fingerprint density at radius 1 is 1.33 bits per heavy atom. The van der Waals surface area contributed by atoms with Gasteiger partial charge in [-0.05, 0) is 25.7 Å². The molecule has 1 rings (SSSR count). The molecule has 0 atom stereocenters. The van der Waals surface area contributed by atoms with Gasteiger partial charge in [-0.1, -0.05) is 0 Å². The van der Waals surface area contributed by atoms with E-state index in [1.807, 2.05) is 0 Å². The highest BCUT2D eigenvalue weighted by Crippen LogP contribution is 2.22. The fraction of sp³-hybridized carbons (Fsp3) is 0.800. The van der Waals surface area contributed by atoms with Gasteiger partial charge in [0.2, 0.25) is 5.91 Å². The van der Waals surface area contributed by atoms with Crippen molar-refractivity contribution in [2.75, 3.05) is 13.7 Å². The molecule has 1 amide bonds. The zero-order valence-corrected chi connectivity index (χ0v) is 8.99. The fourth-order valence-electron chi connectivity index (χ4n) is 1.76. The molecule has 0 aliphatic heterocycles. The summed E-state index contributed by atoms with van der Waals surface area (Å²) >= 11 is 0. The van der Waals surface area contributed by atoms with Gasteiger partial charge in [-0.15, -0.1) is 0 Å². The number of hydrogen-bond donors (Lipinski definition) is 2. The van der Waals surface area contributed by atoms with Crippen LogP contribution in [0.3, 0.4) is 0 Å². The van der Waals surface area contributed by atoms with Crippen molar-refractivity contribution < 1.29 is 14.3 Å². The minimum Gasteiger partial charge on any atom is -0.468 e. The number of amides is 1. The smallest absolute Gasteiger partial charge is 0.325 e. The Morgan fingerprint density at radius 3 is 2.47 bits per heavy atom. The maximum atomic E-state index is 11.6. The number of esters is 1. The number of rotatable bonds is 3. The number of carbonyl (C=O) groups excluding carboxylic acids is 2. The third kappa shape index (κ3) is 3.87. The summed E-state index contributed by atoms with van der Waals surface area (Å²) in [6.45, 7) is -0.0438. The quantitative estimate of drug-likeness (QED) is 0.637. The molecule has 0 heterocycles. The minimum atomic E-state index is -0.420. The van der Waals surface area contributed by atoms with E-state index in [1.54, 1.807) is 0 Å². The van der Waals surface area contributed by atoms with Crippen molar-refractivity contribution in [2.45, 2.75) is 31.7 Å². The lowest BCUT2D eigenvalue weighted by atomic mass is 9.86. The molecule has 5 heteroatoms. The van der Waals surface area contributed by atoms with Gasteiger partial charge in [-0.3, -0.25) is 9.59 Å². The molecule has 86 valence electrons. The SMILES string of the molecule is COC(=O)CNC(=O)C1CCC(N)CC1. The first-order valence-electron chi connectivity index (χ1n) is 5.23. The van der Waals surface area contributed by atoms with Crippen molar-refractivity contribution in [1.29, 1.82) is 0 Å². The van der Waals surface area contributed by atoms with Gasteiger partial charge in [0.25, 0.3) is 0 Å². The Balaban J connectivity index is 2.25. The van der Waals surface area contributed by atoms with E-state index in [0.29, 0.717) is 0 Å². The van der Waals surface area contributed by atoms with Gasteiger partial charge in [-0.25, -0.2) is 0 Å². The predicted octanol–water partition coefficient (Wildman–Crippen LogP) is -0.207. The van der Waals surface area contributed by atoms with E-state index in [9.17, 15) is 9.59 Å². The Kier molecular flexibility index (Phi) is 4.55. The van der Waals surface area contributed by atoms with Crippen LogP contribution in [0.5, 0.6) is 0 Å². The molecule has 1 aliphatic rings. The lowest BCUT2D eigenvalue weighted by Gasteiger charge is -2.24. The topological polar surface area (TPSA) is 81.4 Å². The highest BCUT2D eigenvalue weighted by Gasteiger charge is 2.24. The Labute approximate surface area is 89.3 Å². The van der Waals surface area contributed by atoms with Crippen LogP contribution in [0.4, 0.5) is 0 Å². The molecule has 0 spiro atoms. The number of nitrogens with one attached hydrogen (secondary N) is 1. The van der Waals surface area contributed by atoms with Crippen molar-refractivity contribution in [3.8, 4) is 0 Å². The second kappa shape index (κ2) is 5.70. The first kappa shape index (κ1) is 12.0. The highest BCUT2D eigenvalue weighted by molar-refractivity contribution is 5.83. The fourth-order valence-corrected chi connectivity index (χ4v) is 1.76. The molecule has 1 saturated carbocycles. The second-order valence-corrected chi connectivity index (χ2v) is 3.91. The van der Waals surface area contributed by atoms with E-state index in [0.717, 1.165) is 25.7 Å². The summed E-state index contributed by atoms with van der Waals surface area (Å²) in [7, 11) is 1.30. The molecule has 0 unspecified atom stereocenters. The largest absolute Gasteiger partial charge is 0.468 e. The van der Waals surface area contributed by atoms with Gasteiger partial charge in [0.1, 0.15) is 6.54 Å².